The monoisotopic (exact) mass is 179 g/mol. The van der Waals surface area contributed by atoms with E-state index in [0.717, 1.165) is 0 Å². The van der Waals surface area contributed by atoms with Gasteiger partial charge in [0, 0.05) is 0 Å². The average Bonchev–Trinajstić information content (AvgIpc) is 1.79. The van der Waals surface area contributed by atoms with Gasteiger partial charge in [0.05, 0.1) is 0 Å². The van der Waals surface area contributed by atoms with Crippen molar-refractivity contribution in [2.45, 2.75) is 13.8 Å². The molecule has 1 rings (SSSR count). The number of rotatable bonds is 0. The summed E-state index contributed by atoms with van der Waals surface area (Å²) in [5.41, 5.74) is 6.26. The van der Waals surface area contributed by atoms with Gasteiger partial charge < -0.3 is 0 Å². The molecule has 1 aliphatic rings. The third-order valence-corrected chi connectivity index (χ3v) is 3.51. The molecule has 0 aromatic rings. The van der Waals surface area contributed by atoms with E-state index in [2.05, 4.69) is 38.4 Å². The first-order valence-electron chi connectivity index (χ1n) is 3.16. The predicted molar refractivity (Wildman–Crippen MR) is 46.7 cm³/mol. The van der Waals surface area contributed by atoms with Gasteiger partial charge in [-0.2, -0.15) is 0 Å². The summed E-state index contributed by atoms with van der Waals surface area (Å²) in [5.74, 6) is 2.36. The summed E-state index contributed by atoms with van der Waals surface area (Å²) < 4.78 is 0. The van der Waals surface area contributed by atoms with Crippen LogP contribution in [0.1, 0.15) is 13.8 Å². The Labute approximate surface area is 106 Å². The van der Waals surface area contributed by atoms with E-state index in [1.54, 1.807) is 0 Å². The fourth-order valence-corrected chi connectivity index (χ4v) is 3.40. The molecular formula is C8H13KP+. The second-order valence-electron chi connectivity index (χ2n) is 3.09. The average molecular weight is 179 g/mol. The van der Waals surface area contributed by atoms with Crippen LogP contribution in [0.5, 0.6) is 0 Å². The minimum absolute atomic E-state index is 0. The fraction of sp³-hybridized carbons (Fsp3) is 0.500. The first kappa shape index (κ1) is 11.5. The second-order valence-corrected chi connectivity index (χ2v) is 6.65. The van der Waals surface area contributed by atoms with Gasteiger partial charge in [-0.25, -0.2) is 0 Å². The standard InChI is InChI=1S/C8H13P.K/c1-7-5-9(3,4)6-8(7)2;/h5H,1-4H3;/q;+1. The Morgan fingerprint density at radius 3 is 1.90 bits per heavy atom. The molecule has 0 spiro atoms. The molecule has 2 heteroatoms. The molecule has 0 aliphatic carbocycles. The van der Waals surface area contributed by atoms with E-state index in [1.807, 2.05) is 0 Å². The van der Waals surface area contributed by atoms with Gasteiger partial charge in [-0.1, -0.05) is 5.82 Å². The maximum atomic E-state index is 3.48. The van der Waals surface area contributed by atoms with E-state index < -0.39 is 6.89 Å². The molecule has 0 bridgehead atoms. The Hall–Kier alpha value is 1.46. The van der Waals surface area contributed by atoms with E-state index in [9.17, 15) is 0 Å². The molecule has 0 amide bonds. The van der Waals surface area contributed by atoms with Crippen molar-refractivity contribution in [1.82, 2.24) is 0 Å². The molecule has 0 unspecified atom stereocenters. The van der Waals surface area contributed by atoms with E-state index in [1.165, 1.54) is 11.1 Å². The topological polar surface area (TPSA) is 0 Å². The molecule has 0 atom stereocenters. The van der Waals surface area contributed by atoms with Crippen LogP contribution in [-0.2, 0) is 0 Å². The largest absolute Gasteiger partial charge is 1.00 e. The van der Waals surface area contributed by atoms with Crippen LogP contribution in [0.25, 0.3) is 0 Å². The number of allylic oxidation sites excluding steroid dienone is 2. The van der Waals surface area contributed by atoms with Gasteiger partial charge in [-0.05, 0) is 45.2 Å². The molecule has 0 N–H and O–H groups in total. The maximum absolute atomic E-state index is 3.48. The Kier molecular flexibility index (Phi) is 4.48. The first-order valence-corrected chi connectivity index (χ1v) is 5.92. The van der Waals surface area contributed by atoms with Gasteiger partial charge in [0.15, 0.2) is 0 Å². The zero-order valence-corrected chi connectivity index (χ0v) is 11.5. The smallest absolute Gasteiger partial charge is 0.120 e. The Morgan fingerprint density at radius 2 is 1.80 bits per heavy atom. The minimum atomic E-state index is -0.855. The Bertz CT molecular complexity index is 248. The normalized spacial score (nSPS) is 20.4. The molecule has 1 heterocycles. The minimum Gasteiger partial charge on any atom is -0.120 e. The van der Waals surface area contributed by atoms with Crippen molar-refractivity contribution in [2.24, 2.45) is 0 Å². The van der Waals surface area contributed by atoms with Crippen LogP contribution in [0.15, 0.2) is 17.0 Å². The van der Waals surface area contributed by atoms with Crippen molar-refractivity contribution in [3.63, 3.8) is 0 Å². The van der Waals surface area contributed by atoms with Crippen LogP contribution in [0.4, 0.5) is 0 Å². The van der Waals surface area contributed by atoms with Gasteiger partial charge in [-0.3, -0.25) is 0 Å². The van der Waals surface area contributed by atoms with E-state index in [-0.39, 0.29) is 51.4 Å². The van der Waals surface area contributed by atoms with Crippen LogP contribution in [-0.4, -0.2) is 18.8 Å². The van der Waals surface area contributed by atoms with Crippen molar-refractivity contribution in [3.05, 3.63) is 17.0 Å². The fourth-order valence-electron chi connectivity index (χ4n) is 1.13. The van der Waals surface area contributed by atoms with Crippen LogP contribution in [0.3, 0.4) is 0 Å². The van der Waals surface area contributed by atoms with Gasteiger partial charge in [0.25, 0.3) is 0 Å². The van der Waals surface area contributed by atoms with Crippen molar-refractivity contribution in [1.29, 1.82) is 0 Å². The molecule has 0 saturated carbocycles. The van der Waals surface area contributed by atoms with E-state index in [0.29, 0.717) is 0 Å². The molecule has 1 aliphatic heterocycles. The summed E-state index contributed by atoms with van der Waals surface area (Å²) in [5, 5.41) is 0. The summed E-state index contributed by atoms with van der Waals surface area (Å²) in [7, 11) is 0. The van der Waals surface area contributed by atoms with Gasteiger partial charge in [-0.15, -0.1) is 5.45 Å². The molecule has 50 valence electrons. The van der Waals surface area contributed by atoms with E-state index >= 15 is 0 Å². The molecule has 0 saturated heterocycles. The van der Waals surface area contributed by atoms with Crippen LogP contribution in [0.2, 0.25) is 0 Å². The SMILES string of the molecule is CC1=C=P(C)(C)C=C1C.[K+]. The van der Waals surface area contributed by atoms with Crippen molar-refractivity contribution in [2.75, 3.05) is 13.3 Å². The quantitative estimate of drug-likeness (QED) is 0.348. The molecular weight excluding hydrogens is 166 g/mol. The van der Waals surface area contributed by atoms with Crippen molar-refractivity contribution in [3.8, 4) is 0 Å². The molecule has 0 aromatic carbocycles. The van der Waals surface area contributed by atoms with Gasteiger partial charge in [0.1, 0.15) is 0 Å². The summed E-state index contributed by atoms with van der Waals surface area (Å²) in [4.78, 5) is 0. The molecule has 0 nitrogen and oxygen atoms in total. The number of hydrogen-bond donors (Lipinski definition) is 0. The van der Waals surface area contributed by atoms with Crippen LogP contribution < -0.4 is 51.4 Å². The third-order valence-electron chi connectivity index (χ3n) is 1.56. The molecule has 0 fully saturated rings. The predicted octanol–water partition coefficient (Wildman–Crippen LogP) is -0.468. The first-order chi connectivity index (χ1) is 4.01. The van der Waals surface area contributed by atoms with Crippen molar-refractivity contribution < 1.29 is 51.4 Å². The van der Waals surface area contributed by atoms with E-state index in [4.69, 9.17) is 0 Å². The van der Waals surface area contributed by atoms with Crippen molar-refractivity contribution >= 4 is 12.3 Å². The zero-order chi connectivity index (χ0) is 7.07. The van der Waals surface area contributed by atoms with Crippen LogP contribution in [0, 0.1) is 0 Å². The molecule has 10 heavy (non-hydrogen) atoms. The Balaban J connectivity index is 0.000000810. The summed E-state index contributed by atoms with van der Waals surface area (Å²) in [6.07, 6.45) is 0. The van der Waals surface area contributed by atoms with Crippen LogP contribution >= 0.6 is 6.89 Å². The number of hydrogen-bond acceptors (Lipinski definition) is 0. The Morgan fingerprint density at radius 1 is 1.30 bits per heavy atom. The summed E-state index contributed by atoms with van der Waals surface area (Å²) in [6, 6.07) is 0. The molecule has 0 aromatic heterocycles. The zero-order valence-electron chi connectivity index (χ0n) is 7.52. The van der Waals surface area contributed by atoms with Gasteiger partial charge >= 0.3 is 51.4 Å². The summed E-state index contributed by atoms with van der Waals surface area (Å²) in [6.45, 7) is 8.02. The molecule has 0 radical (unpaired) electrons. The second kappa shape index (κ2) is 3.91. The van der Waals surface area contributed by atoms with Gasteiger partial charge in [0.2, 0.25) is 0 Å². The third kappa shape index (κ3) is 2.83. The maximum Gasteiger partial charge on any atom is 1.00 e. The summed E-state index contributed by atoms with van der Waals surface area (Å²) >= 11 is 0.